The lowest BCUT2D eigenvalue weighted by atomic mass is 9.97. The zero-order valence-corrected chi connectivity index (χ0v) is 18.7. The number of esters is 2. The van der Waals surface area contributed by atoms with Crippen molar-refractivity contribution in [2.75, 3.05) is 40.0 Å². The molecule has 1 heterocycles. The number of ether oxygens (including phenoxy) is 4. The molecule has 0 N–H and O–H groups in total. The maximum atomic E-state index is 11.8. The Kier molecular flexibility index (Phi) is 8.64. The fourth-order valence-electron chi connectivity index (χ4n) is 3.28. The van der Waals surface area contributed by atoms with Crippen LogP contribution < -0.4 is 9.47 Å². The number of methoxy groups -OCH3 is 1. The van der Waals surface area contributed by atoms with Crippen LogP contribution in [0, 0.1) is 0 Å². The van der Waals surface area contributed by atoms with Crippen LogP contribution in [0.1, 0.15) is 34.1 Å². The predicted molar refractivity (Wildman–Crippen MR) is 112 cm³/mol. The summed E-state index contributed by atoms with van der Waals surface area (Å²) in [6.45, 7) is 9.87. The number of carbonyl (C=O) groups is 2. The summed E-state index contributed by atoms with van der Waals surface area (Å²) in [5.74, 6) is 0.639. The first-order chi connectivity index (χ1) is 13.8. The molecule has 7 nitrogen and oxygen atoms in total. The number of carbonyl (C=O) groups excluding carboxylic acids is 2. The average molecular weight is 426 g/mol. The van der Waals surface area contributed by atoms with E-state index in [-0.39, 0.29) is 19.2 Å². The van der Waals surface area contributed by atoms with Crippen molar-refractivity contribution in [2.24, 2.45) is 0 Å². The van der Waals surface area contributed by atoms with Gasteiger partial charge in [-0.05, 0) is 44.3 Å². The van der Waals surface area contributed by atoms with E-state index < -0.39 is 16.8 Å². The quantitative estimate of drug-likeness (QED) is 0.559. The van der Waals surface area contributed by atoms with Crippen LogP contribution >= 0.6 is 11.8 Å². The van der Waals surface area contributed by atoms with E-state index in [1.54, 1.807) is 7.11 Å². The number of benzene rings is 1. The minimum Gasteiger partial charge on any atom is -0.497 e. The molecule has 29 heavy (non-hydrogen) atoms. The molecule has 2 atom stereocenters. The topological polar surface area (TPSA) is 74.3 Å². The summed E-state index contributed by atoms with van der Waals surface area (Å²) in [6.07, 6.45) is 0.0863. The first-order valence-electron chi connectivity index (χ1n) is 9.86. The van der Waals surface area contributed by atoms with Crippen LogP contribution in [-0.4, -0.2) is 67.6 Å². The third-order valence-corrected chi connectivity index (χ3v) is 6.55. The van der Waals surface area contributed by atoms with E-state index in [2.05, 4.69) is 18.7 Å². The highest BCUT2D eigenvalue weighted by Crippen LogP contribution is 2.47. The molecule has 0 amide bonds. The van der Waals surface area contributed by atoms with Crippen molar-refractivity contribution in [3.8, 4) is 11.5 Å². The van der Waals surface area contributed by atoms with Crippen LogP contribution in [0.25, 0.3) is 0 Å². The van der Waals surface area contributed by atoms with Crippen LogP contribution in [0.15, 0.2) is 23.1 Å². The van der Waals surface area contributed by atoms with Crippen molar-refractivity contribution in [1.29, 1.82) is 0 Å². The molecule has 0 spiro atoms. The van der Waals surface area contributed by atoms with Crippen LogP contribution in [0.4, 0.5) is 0 Å². The number of rotatable bonds is 9. The molecular weight excluding hydrogens is 394 g/mol. The Hall–Kier alpha value is -1.93. The largest absolute Gasteiger partial charge is 0.497 e. The molecule has 2 rings (SSSR count). The molecule has 1 aromatic carbocycles. The summed E-state index contributed by atoms with van der Waals surface area (Å²) >= 11 is 1.52. The van der Waals surface area contributed by atoms with Gasteiger partial charge in [-0.3, -0.25) is 9.59 Å². The Bertz CT molecular complexity index is 708. The predicted octanol–water partition coefficient (Wildman–Crippen LogP) is 3.15. The van der Waals surface area contributed by atoms with Crippen LogP contribution in [0.2, 0.25) is 0 Å². The maximum Gasteiger partial charge on any atom is 0.303 e. The van der Waals surface area contributed by atoms with Gasteiger partial charge >= 0.3 is 11.9 Å². The summed E-state index contributed by atoms with van der Waals surface area (Å²) in [4.78, 5) is 26.6. The molecule has 8 heteroatoms. The van der Waals surface area contributed by atoms with Crippen LogP contribution in [0.5, 0.6) is 11.5 Å². The van der Waals surface area contributed by atoms with Gasteiger partial charge in [-0.15, -0.1) is 11.8 Å². The van der Waals surface area contributed by atoms with Crippen LogP contribution in [0.3, 0.4) is 0 Å². The van der Waals surface area contributed by atoms with Gasteiger partial charge in [0.1, 0.15) is 24.7 Å². The number of hydrogen-bond acceptors (Lipinski definition) is 8. The fourth-order valence-corrected chi connectivity index (χ4v) is 4.68. The Morgan fingerprint density at radius 3 is 2.55 bits per heavy atom. The van der Waals surface area contributed by atoms with E-state index in [0.717, 1.165) is 24.5 Å². The van der Waals surface area contributed by atoms with Crippen molar-refractivity contribution in [1.82, 2.24) is 4.90 Å². The summed E-state index contributed by atoms with van der Waals surface area (Å²) in [5, 5.41) is 0. The molecule has 0 bridgehead atoms. The van der Waals surface area contributed by atoms with E-state index >= 15 is 0 Å². The second-order valence-corrected chi connectivity index (χ2v) is 8.40. The molecular formula is C21H31NO6S. The van der Waals surface area contributed by atoms with Crippen LogP contribution in [-0.2, 0) is 19.1 Å². The zero-order chi connectivity index (χ0) is 21.4. The Balaban J connectivity index is 2.45. The van der Waals surface area contributed by atoms with E-state index in [9.17, 15) is 9.59 Å². The third-order valence-electron chi connectivity index (χ3n) is 5.01. The van der Waals surface area contributed by atoms with Gasteiger partial charge in [-0.25, -0.2) is 0 Å². The lowest BCUT2D eigenvalue weighted by molar-refractivity contribution is -0.153. The molecule has 0 unspecified atom stereocenters. The van der Waals surface area contributed by atoms with Gasteiger partial charge < -0.3 is 23.8 Å². The van der Waals surface area contributed by atoms with Gasteiger partial charge in [0.15, 0.2) is 6.10 Å². The fraction of sp³-hybridized carbons (Fsp3) is 0.619. The molecule has 1 aliphatic heterocycles. The lowest BCUT2D eigenvalue weighted by Gasteiger charge is -2.38. The SMILES string of the molecule is CCN(CC)CC[C@]1(COC(C)=O)Sc2cc(OC)ccc2OC[C@@H]1OC(C)=O. The van der Waals surface area contributed by atoms with Gasteiger partial charge in [-0.2, -0.15) is 0 Å². The van der Waals surface area contributed by atoms with Crippen molar-refractivity contribution < 1.29 is 28.5 Å². The normalized spacial score (nSPS) is 21.0. The minimum atomic E-state index is -0.683. The number of fused-ring (bicyclic) bond motifs is 1. The highest BCUT2D eigenvalue weighted by atomic mass is 32.2. The average Bonchev–Trinajstić information content (AvgIpc) is 2.83. The lowest BCUT2D eigenvalue weighted by Crippen LogP contribution is -2.50. The standard InChI is InChI=1S/C21H31NO6S/c1-6-22(7-2)11-10-21(14-27-15(3)23)20(28-16(4)24)13-26-18-9-8-17(25-5)12-19(18)29-21/h8-9,12,20H,6-7,10-11,13-14H2,1-5H3/t20-,21+/m0/s1. The second-order valence-electron chi connectivity index (χ2n) is 6.95. The summed E-state index contributed by atoms with van der Waals surface area (Å²) in [7, 11) is 1.61. The van der Waals surface area contributed by atoms with Gasteiger partial charge in [0.25, 0.3) is 0 Å². The maximum absolute atomic E-state index is 11.8. The van der Waals surface area contributed by atoms with Crippen molar-refractivity contribution in [3.63, 3.8) is 0 Å². The van der Waals surface area contributed by atoms with Crippen molar-refractivity contribution in [3.05, 3.63) is 18.2 Å². The second kappa shape index (κ2) is 10.7. The van der Waals surface area contributed by atoms with E-state index in [1.165, 1.54) is 25.6 Å². The molecule has 162 valence electrons. The number of thioether (sulfide) groups is 1. The molecule has 0 saturated heterocycles. The van der Waals surface area contributed by atoms with Gasteiger partial charge in [0, 0.05) is 13.8 Å². The molecule has 0 aromatic heterocycles. The highest BCUT2D eigenvalue weighted by Gasteiger charge is 2.46. The summed E-state index contributed by atoms with van der Waals surface area (Å²) < 4.78 is 21.8. The third kappa shape index (κ3) is 6.27. The Labute approximate surface area is 177 Å². The monoisotopic (exact) mass is 425 g/mol. The van der Waals surface area contributed by atoms with Gasteiger partial charge in [-0.1, -0.05) is 13.8 Å². The minimum absolute atomic E-state index is 0.117. The van der Waals surface area contributed by atoms with Gasteiger partial charge in [0.2, 0.25) is 0 Å². The van der Waals surface area contributed by atoms with E-state index in [0.29, 0.717) is 17.9 Å². The molecule has 0 fully saturated rings. The summed E-state index contributed by atoms with van der Waals surface area (Å²) in [5.41, 5.74) is 0. The molecule has 0 aliphatic carbocycles. The van der Waals surface area contributed by atoms with E-state index in [4.69, 9.17) is 18.9 Å². The van der Waals surface area contributed by atoms with E-state index in [1.807, 2.05) is 18.2 Å². The van der Waals surface area contributed by atoms with Gasteiger partial charge in [0.05, 0.1) is 16.8 Å². The molecule has 1 aliphatic rings. The molecule has 0 saturated carbocycles. The van der Waals surface area contributed by atoms with Crippen molar-refractivity contribution in [2.45, 2.75) is 49.9 Å². The Morgan fingerprint density at radius 1 is 1.24 bits per heavy atom. The number of nitrogens with zero attached hydrogens (tertiary/aromatic N) is 1. The molecule has 0 radical (unpaired) electrons. The Morgan fingerprint density at radius 2 is 1.97 bits per heavy atom. The summed E-state index contributed by atoms with van der Waals surface area (Å²) in [6, 6.07) is 5.57. The zero-order valence-electron chi connectivity index (χ0n) is 17.9. The first kappa shape index (κ1) is 23.3. The molecule has 1 aromatic rings. The smallest absolute Gasteiger partial charge is 0.303 e. The number of hydrogen-bond donors (Lipinski definition) is 0. The highest BCUT2D eigenvalue weighted by molar-refractivity contribution is 8.00. The van der Waals surface area contributed by atoms with Crippen molar-refractivity contribution >= 4 is 23.7 Å². The first-order valence-corrected chi connectivity index (χ1v) is 10.7.